The molecule has 6 aromatic rings. The van der Waals surface area contributed by atoms with Crippen LogP contribution in [0.4, 0.5) is 34.1 Å². The molecule has 3 heteroatoms. The lowest BCUT2D eigenvalue weighted by Gasteiger charge is -2.45. The summed E-state index contributed by atoms with van der Waals surface area (Å²) in [5, 5.41) is 0. The number of nitrogens with zero attached hydrogens (tertiary/aromatic N) is 2. The van der Waals surface area contributed by atoms with E-state index in [2.05, 4.69) is 155 Å². The zero-order chi connectivity index (χ0) is 29.7. The second-order valence-corrected chi connectivity index (χ2v) is 12.7. The number of para-hydroxylation sites is 4. The van der Waals surface area contributed by atoms with Gasteiger partial charge in [0.2, 0.25) is 0 Å². The normalized spacial score (nSPS) is 15.3. The monoisotopic (exact) mass is 578 g/mol. The number of anilines is 6. The summed E-state index contributed by atoms with van der Waals surface area (Å²) < 4.78 is 0. The molecule has 0 aromatic heterocycles. The van der Waals surface area contributed by atoms with E-state index in [1.165, 1.54) is 99.3 Å². The van der Waals surface area contributed by atoms with E-state index in [9.17, 15) is 0 Å². The molecular weight excluding hydrogens is 543 g/mol. The van der Waals surface area contributed by atoms with Gasteiger partial charge in [-0.05, 0) is 88.7 Å². The van der Waals surface area contributed by atoms with Crippen molar-refractivity contribution in [1.82, 2.24) is 0 Å². The third kappa shape index (κ3) is 4.25. The van der Waals surface area contributed by atoms with Crippen LogP contribution in [-0.2, 0) is 0 Å². The van der Waals surface area contributed by atoms with Crippen molar-refractivity contribution in [3.63, 3.8) is 0 Å². The Kier molecular flexibility index (Phi) is 6.37. The maximum absolute atomic E-state index is 2.58. The molecule has 0 bridgehead atoms. The van der Waals surface area contributed by atoms with E-state index in [1.54, 1.807) is 0 Å². The summed E-state index contributed by atoms with van der Waals surface area (Å²) in [5.41, 5.74) is 15.7. The summed E-state index contributed by atoms with van der Waals surface area (Å²) in [5.74, 6) is 0.580. The quantitative estimate of drug-likeness (QED) is 0.192. The highest BCUT2D eigenvalue weighted by atomic mass is 15.2. The van der Waals surface area contributed by atoms with Crippen molar-refractivity contribution in [2.24, 2.45) is 0 Å². The lowest BCUT2D eigenvalue weighted by atomic mass is 9.33. The van der Waals surface area contributed by atoms with Crippen LogP contribution in [0.5, 0.6) is 0 Å². The zero-order valence-electron chi connectivity index (χ0n) is 25.4. The predicted octanol–water partition coefficient (Wildman–Crippen LogP) is 9.48. The Morgan fingerprint density at radius 3 is 1.69 bits per heavy atom. The second-order valence-electron chi connectivity index (χ2n) is 12.7. The Labute approximate surface area is 266 Å². The van der Waals surface area contributed by atoms with Gasteiger partial charge < -0.3 is 9.80 Å². The van der Waals surface area contributed by atoms with Crippen molar-refractivity contribution < 1.29 is 0 Å². The molecule has 0 radical (unpaired) electrons. The standard InChI is InChI=1S/C42H35BN2/c1-4-16-30(17-5-1)32-28-40-42-41(29-32)45(37-25-13-10-22-34(37)31-18-6-2-7-19-31)39-27-15-12-24-36(39)43(42)35-23-11-14-26-38(35)44(40)33-20-8-3-9-21-33/h2-3,6-15,18-30H,1,4-5,16-17H2. The fraction of sp³-hybridized carbons (Fsp3) is 0.143. The van der Waals surface area contributed by atoms with Crippen molar-refractivity contribution in [2.75, 3.05) is 9.80 Å². The number of benzene rings is 6. The van der Waals surface area contributed by atoms with Crippen LogP contribution in [0, 0.1) is 0 Å². The molecule has 0 N–H and O–H groups in total. The number of rotatable bonds is 4. The number of hydrogen-bond donors (Lipinski definition) is 0. The van der Waals surface area contributed by atoms with E-state index >= 15 is 0 Å². The van der Waals surface area contributed by atoms with E-state index in [0.717, 1.165) is 0 Å². The zero-order valence-corrected chi connectivity index (χ0v) is 25.4. The summed E-state index contributed by atoms with van der Waals surface area (Å²) in [7, 11) is 0. The Balaban J connectivity index is 1.38. The molecule has 3 aliphatic rings. The maximum Gasteiger partial charge on any atom is 0.252 e. The molecule has 2 heterocycles. The predicted molar refractivity (Wildman–Crippen MR) is 192 cm³/mol. The average Bonchev–Trinajstić information content (AvgIpc) is 3.12. The Morgan fingerprint density at radius 1 is 0.467 bits per heavy atom. The summed E-state index contributed by atoms with van der Waals surface area (Å²) in [6.45, 7) is 0.155. The van der Waals surface area contributed by atoms with Crippen LogP contribution in [0.2, 0.25) is 0 Å². The molecule has 0 saturated heterocycles. The van der Waals surface area contributed by atoms with Crippen LogP contribution in [0.15, 0.2) is 146 Å². The van der Waals surface area contributed by atoms with Gasteiger partial charge in [0, 0.05) is 34.0 Å². The van der Waals surface area contributed by atoms with Gasteiger partial charge in [-0.25, -0.2) is 0 Å². The van der Waals surface area contributed by atoms with Gasteiger partial charge in [0.05, 0.1) is 5.69 Å². The van der Waals surface area contributed by atoms with Crippen LogP contribution in [0.1, 0.15) is 43.6 Å². The minimum Gasteiger partial charge on any atom is -0.311 e. The van der Waals surface area contributed by atoms with Gasteiger partial charge in [-0.1, -0.05) is 122 Å². The third-order valence-corrected chi connectivity index (χ3v) is 10.2. The fourth-order valence-electron chi connectivity index (χ4n) is 8.24. The van der Waals surface area contributed by atoms with E-state index in [0.29, 0.717) is 5.92 Å². The van der Waals surface area contributed by atoms with E-state index in [-0.39, 0.29) is 6.71 Å². The molecule has 1 aliphatic carbocycles. The molecule has 2 nitrogen and oxygen atoms in total. The van der Waals surface area contributed by atoms with Crippen molar-refractivity contribution in [1.29, 1.82) is 0 Å². The smallest absolute Gasteiger partial charge is 0.252 e. The SMILES string of the molecule is c1ccc(-c2ccccc2N2c3ccccc3B3c4ccccc4N(c4ccccc4)c4cc(C5CCCCC5)cc2c43)cc1. The molecule has 1 saturated carbocycles. The molecule has 0 atom stereocenters. The van der Waals surface area contributed by atoms with Crippen LogP contribution in [-0.4, -0.2) is 6.71 Å². The molecule has 0 amide bonds. The first kappa shape index (κ1) is 26.4. The molecule has 216 valence electrons. The van der Waals surface area contributed by atoms with Gasteiger partial charge in [-0.15, -0.1) is 0 Å². The third-order valence-electron chi connectivity index (χ3n) is 10.2. The first-order valence-electron chi connectivity index (χ1n) is 16.5. The van der Waals surface area contributed by atoms with Crippen LogP contribution < -0.4 is 26.2 Å². The highest BCUT2D eigenvalue weighted by molar-refractivity contribution is 7.00. The van der Waals surface area contributed by atoms with Gasteiger partial charge >= 0.3 is 0 Å². The Bertz CT molecular complexity index is 2010. The second kappa shape index (κ2) is 10.9. The minimum absolute atomic E-state index is 0.155. The highest BCUT2D eigenvalue weighted by Crippen LogP contribution is 2.48. The molecule has 2 aliphatic heterocycles. The van der Waals surface area contributed by atoms with Gasteiger partial charge in [0.25, 0.3) is 6.71 Å². The minimum atomic E-state index is 0.155. The molecule has 45 heavy (non-hydrogen) atoms. The van der Waals surface area contributed by atoms with Crippen molar-refractivity contribution >= 4 is 57.2 Å². The lowest BCUT2D eigenvalue weighted by Crippen LogP contribution is -2.61. The van der Waals surface area contributed by atoms with E-state index in [1.807, 2.05) is 0 Å². The van der Waals surface area contributed by atoms with Gasteiger partial charge in [0.15, 0.2) is 0 Å². The molecule has 0 spiro atoms. The molecule has 6 aromatic carbocycles. The average molecular weight is 579 g/mol. The summed E-state index contributed by atoms with van der Waals surface area (Å²) in [6.07, 6.45) is 6.51. The maximum atomic E-state index is 2.58. The largest absolute Gasteiger partial charge is 0.311 e. The summed E-state index contributed by atoms with van der Waals surface area (Å²) in [6, 6.07) is 54.1. The van der Waals surface area contributed by atoms with Crippen LogP contribution in [0.3, 0.4) is 0 Å². The van der Waals surface area contributed by atoms with Gasteiger partial charge in [0.1, 0.15) is 0 Å². The first-order valence-corrected chi connectivity index (χ1v) is 16.5. The van der Waals surface area contributed by atoms with Crippen LogP contribution in [0.25, 0.3) is 11.1 Å². The fourth-order valence-corrected chi connectivity index (χ4v) is 8.24. The van der Waals surface area contributed by atoms with Crippen molar-refractivity contribution in [3.05, 3.63) is 151 Å². The molecule has 1 fully saturated rings. The topological polar surface area (TPSA) is 6.48 Å². The number of hydrogen-bond acceptors (Lipinski definition) is 2. The van der Waals surface area contributed by atoms with Crippen LogP contribution >= 0.6 is 0 Å². The Morgan fingerprint density at radius 2 is 1.00 bits per heavy atom. The molecular formula is C42H35BN2. The first-order chi connectivity index (χ1) is 22.4. The van der Waals surface area contributed by atoms with Crippen molar-refractivity contribution in [2.45, 2.75) is 38.0 Å². The van der Waals surface area contributed by atoms with E-state index < -0.39 is 0 Å². The van der Waals surface area contributed by atoms with Gasteiger partial charge in [-0.2, -0.15) is 0 Å². The van der Waals surface area contributed by atoms with E-state index in [4.69, 9.17) is 0 Å². The number of fused-ring (bicyclic) bond motifs is 4. The molecule has 0 unspecified atom stereocenters. The van der Waals surface area contributed by atoms with Gasteiger partial charge in [-0.3, -0.25) is 0 Å². The summed E-state index contributed by atoms with van der Waals surface area (Å²) >= 11 is 0. The highest BCUT2D eigenvalue weighted by Gasteiger charge is 2.43. The van der Waals surface area contributed by atoms with Crippen molar-refractivity contribution in [3.8, 4) is 11.1 Å². The molecule has 9 rings (SSSR count). The lowest BCUT2D eigenvalue weighted by molar-refractivity contribution is 0.444. The summed E-state index contributed by atoms with van der Waals surface area (Å²) in [4.78, 5) is 5.11. The Hall–Kier alpha value is -5.02.